The molecule has 0 saturated heterocycles. The maximum Gasteiger partial charge on any atom is 0.144 e. The molecule has 2 heterocycles. The quantitative estimate of drug-likeness (QED) is 0.667. The number of pyridine rings is 1. The van der Waals surface area contributed by atoms with Gasteiger partial charge in [-0.3, -0.25) is 4.98 Å². The minimum atomic E-state index is -0.329. The fourth-order valence-electron chi connectivity index (χ4n) is 3.38. The fraction of sp³-hybridized carbons (Fsp3) is 0.381. The van der Waals surface area contributed by atoms with Gasteiger partial charge in [0.2, 0.25) is 0 Å². The summed E-state index contributed by atoms with van der Waals surface area (Å²) in [6.45, 7) is 5.07. The predicted molar refractivity (Wildman–Crippen MR) is 98.5 cm³/mol. The number of aromatic nitrogens is 4. The Labute approximate surface area is 153 Å². The molecule has 5 heteroatoms. The molecular weight excluding hydrogens is 327 g/mol. The second kappa shape index (κ2) is 6.63. The van der Waals surface area contributed by atoms with Crippen LogP contribution in [-0.4, -0.2) is 19.7 Å². The average molecular weight is 350 g/mol. The summed E-state index contributed by atoms with van der Waals surface area (Å²) < 4.78 is 15.4. The van der Waals surface area contributed by atoms with Crippen molar-refractivity contribution in [2.45, 2.75) is 51.0 Å². The van der Waals surface area contributed by atoms with Crippen LogP contribution in [0.5, 0.6) is 0 Å². The molecule has 26 heavy (non-hydrogen) atoms. The van der Waals surface area contributed by atoms with E-state index in [0.29, 0.717) is 5.92 Å². The van der Waals surface area contributed by atoms with Crippen molar-refractivity contribution in [3.8, 4) is 0 Å². The van der Waals surface area contributed by atoms with E-state index in [-0.39, 0.29) is 11.2 Å². The van der Waals surface area contributed by atoms with Crippen molar-refractivity contribution in [1.82, 2.24) is 19.7 Å². The molecule has 0 bridgehead atoms. The highest BCUT2D eigenvalue weighted by Crippen LogP contribution is 2.41. The molecule has 3 aromatic rings. The van der Waals surface area contributed by atoms with Gasteiger partial charge in [-0.1, -0.05) is 18.2 Å². The molecule has 134 valence electrons. The van der Waals surface area contributed by atoms with Crippen molar-refractivity contribution < 1.29 is 4.39 Å². The maximum absolute atomic E-state index is 13.2. The van der Waals surface area contributed by atoms with Crippen LogP contribution in [-0.2, 0) is 18.4 Å². The summed E-state index contributed by atoms with van der Waals surface area (Å²) in [7, 11) is 0. The summed E-state index contributed by atoms with van der Waals surface area (Å²) >= 11 is 0. The first-order valence-corrected chi connectivity index (χ1v) is 9.15. The largest absolute Gasteiger partial charge is 0.314 e. The molecule has 0 amide bonds. The maximum atomic E-state index is 13.2. The van der Waals surface area contributed by atoms with Crippen molar-refractivity contribution in [1.29, 1.82) is 0 Å². The Morgan fingerprint density at radius 3 is 2.50 bits per heavy atom. The van der Waals surface area contributed by atoms with Crippen molar-refractivity contribution in [2.75, 3.05) is 0 Å². The zero-order chi connectivity index (χ0) is 18.1. The average Bonchev–Trinajstić information content (AvgIpc) is 3.41. The van der Waals surface area contributed by atoms with Gasteiger partial charge in [0.05, 0.1) is 11.1 Å². The molecule has 1 aliphatic rings. The van der Waals surface area contributed by atoms with E-state index in [1.165, 1.54) is 25.0 Å². The number of halogens is 1. The van der Waals surface area contributed by atoms with Crippen LogP contribution < -0.4 is 0 Å². The van der Waals surface area contributed by atoms with Crippen LogP contribution in [0, 0.1) is 5.82 Å². The third-order valence-electron chi connectivity index (χ3n) is 5.12. The van der Waals surface area contributed by atoms with E-state index in [1.807, 2.05) is 36.5 Å². The molecular formula is C21H23FN4. The zero-order valence-electron chi connectivity index (χ0n) is 15.2. The molecule has 0 radical (unpaired) electrons. The normalized spacial score (nSPS) is 14.6. The topological polar surface area (TPSA) is 43.6 Å². The summed E-state index contributed by atoms with van der Waals surface area (Å²) in [5, 5.41) is 9.09. The number of aryl methyl sites for hydroxylation is 1. The van der Waals surface area contributed by atoms with Crippen molar-refractivity contribution in [3.63, 3.8) is 0 Å². The number of nitrogens with zero attached hydrogens (tertiary/aromatic N) is 4. The molecule has 0 spiro atoms. The van der Waals surface area contributed by atoms with Gasteiger partial charge in [-0.15, -0.1) is 10.2 Å². The van der Waals surface area contributed by atoms with Gasteiger partial charge in [-0.05, 0) is 62.9 Å². The van der Waals surface area contributed by atoms with Gasteiger partial charge in [-0.2, -0.15) is 0 Å². The van der Waals surface area contributed by atoms with Crippen LogP contribution in [0.4, 0.5) is 4.39 Å². The van der Waals surface area contributed by atoms with Crippen LogP contribution >= 0.6 is 0 Å². The fourth-order valence-corrected chi connectivity index (χ4v) is 3.38. The first-order valence-electron chi connectivity index (χ1n) is 9.15. The molecule has 1 aliphatic carbocycles. The number of rotatable bonds is 6. The molecule has 1 aromatic carbocycles. The van der Waals surface area contributed by atoms with E-state index in [1.54, 1.807) is 0 Å². The Kier molecular flexibility index (Phi) is 4.31. The lowest BCUT2D eigenvalue weighted by atomic mass is 9.87. The molecule has 1 saturated carbocycles. The highest BCUT2D eigenvalue weighted by atomic mass is 19.1. The second-order valence-corrected chi connectivity index (χ2v) is 7.52. The lowest BCUT2D eigenvalue weighted by molar-refractivity contribution is 0.509. The molecule has 1 fully saturated rings. The van der Waals surface area contributed by atoms with Gasteiger partial charge in [0.25, 0.3) is 0 Å². The summed E-state index contributed by atoms with van der Waals surface area (Å²) in [6.07, 6.45) is 5.00. The number of hydrogen-bond donors (Lipinski definition) is 0. The first-order chi connectivity index (χ1) is 12.6. The van der Waals surface area contributed by atoms with Crippen LogP contribution in [0.15, 0.2) is 48.7 Å². The van der Waals surface area contributed by atoms with Crippen LogP contribution in [0.3, 0.4) is 0 Å². The summed E-state index contributed by atoms with van der Waals surface area (Å²) in [6, 6.07) is 12.7. The summed E-state index contributed by atoms with van der Waals surface area (Å²) in [4.78, 5) is 4.54. The van der Waals surface area contributed by atoms with Crippen molar-refractivity contribution in [2.24, 2.45) is 0 Å². The molecule has 4 rings (SSSR count). The van der Waals surface area contributed by atoms with Crippen molar-refractivity contribution in [3.05, 3.63) is 77.4 Å². The van der Waals surface area contributed by atoms with Gasteiger partial charge >= 0.3 is 0 Å². The van der Waals surface area contributed by atoms with Gasteiger partial charge in [0.15, 0.2) is 0 Å². The van der Waals surface area contributed by atoms with Crippen LogP contribution in [0.2, 0.25) is 0 Å². The van der Waals surface area contributed by atoms with Crippen LogP contribution in [0.1, 0.15) is 55.5 Å². The lowest BCUT2D eigenvalue weighted by Crippen LogP contribution is -2.26. The Balaban J connectivity index is 1.66. The van der Waals surface area contributed by atoms with Crippen LogP contribution in [0.25, 0.3) is 0 Å². The highest BCUT2D eigenvalue weighted by Gasteiger charge is 2.36. The first kappa shape index (κ1) is 16.9. The van der Waals surface area contributed by atoms with E-state index < -0.39 is 0 Å². The molecule has 4 nitrogen and oxygen atoms in total. The van der Waals surface area contributed by atoms with Gasteiger partial charge in [-0.25, -0.2) is 4.39 Å². The van der Waals surface area contributed by atoms with Gasteiger partial charge < -0.3 is 4.57 Å². The SMILES string of the molecule is CC(C)(c1ccccn1)c1nnc(C2CC2)n1CCc1ccc(F)cc1. The molecule has 0 N–H and O–H groups in total. The summed E-state index contributed by atoms with van der Waals surface area (Å²) in [5.41, 5.74) is 1.77. The molecule has 0 aliphatic heterocycles. The third-order valence-corrected chi connectivity index (χ3v) is 5.12. The minimum absolute atomic E-state index is 0.200. The smallest absolute Gasteiger partial charge is 0.144 e. The zero-order valence-corrected chi connectivity index (χ0v) is 15.2. The monoisotopic (exact) mass is 350 g/mol. The van der Waals surface area contributed by atoms with E-state index in [9.17, 15) is 4.39 Å². The predicted octanol–water partition coefficient (Wildman–Crippen LogP) is 4.26. The summed E-state index contributed by atoms with van der Waals surface area (Å²) in [5.74, 6) is 2.34. The third kappa shape index (κ3) is 3.26. The Morgan fingerprint density at radius 1 is 1.08 bits per heavy atom. The second-order valence-electron chi connectivity index (χ2n) is 7.52. The van der Waals surface area contributed by atoms with E-state index >= 15 is 0 Å². The minimum Gasteiger partial charge on any atom is -0.314 e. The van der Waals surface area contributed by atoms with Gasteiger partial charge in [0, 0.05) is 18.7 Å². The van der Waals surface area contributed by atoms with E-state index in [0.717, 1.165) is 35.9 Å². The van der Waals surface area contributed by atoms with E-state index in [2.05, 4.69) is 33.6 Å². The molecule has 0 atom stereocenters. The number of benzene rings is 1. The number of hydrogen-bond acceptors (Lipinski definition) is 3. The molecule has 2 aromatic heterocycles. The van der Waals surface area contributed by atoms with E-state index in [4.69, 9.17) is 0 Å². The standard InChI is InChI=1S/C21H23FN4/c1-21(2,18-5-3-4-13-23-18)20-25-24-19(16-8-9-16)26(20)14-12-15-6-10-17(22)11-7-15/h3-7,10-11,13,16H,8-9,12,14H2,1-2H3. The van der Waals surface area contributed by atoms with Crippen molar-refractivity contribution >= 4 is 0 Å². The Morgan fingerprint density at radius 2 is 1.85 bits per heavy atom. The lowest BCUT2D eigenvalue weighted by Gasteiger charge is -2.24. The Hall–Kier alpha value is -2.56. The highest BCUT2D eigenvalue weighted by molar-refractivity contribution is 5.27. The Bertz CT molecular complexity index is 880. The van der Waals surface area contributed by atoms with Gasteiger partial charge in [0.1, 0.15) is 17.5 Å². The molecule has 0 unspecified atom stereocenters.